The predicted molar refractivity (Wildman–Crippen MR) is 281 cm³/mol. The van der Waals surface area contributed by atoms with Crippen LogP contribution in [0, 0.1) is 0 Å². The summed E-state index contributed by atoms with van der Waals surface area (Å²) >= 11 is 11.8. The summed E-state index contributed by atoms with van der Waals surface area (Å²) < 4.78 is 103. The van der Waals surface area contributed by atoms with E-state index in [1.165, 1.54) is 39.0 Å². The first kappa shape index (κ1) is 58.1. The molecule has 0 aliphatic heterocycles. The van der Waals surface area contributed by atoms with Crippen LogP contribution in [0.1, 0.15) is 111 Å². The van der Waals surface area contributed by atoms with Crippen LogP contribution < -0.4 is 18.9 Å². The Hall–Kier alpha value is -5.60. The van der Waals surface area contributed by atoms with Crippen molar-refractivity contribution in [2.45, 2.75) is 111 Å². The molecular formula is C50H64Cl2N10O12S2. The third-order valence-electron chi connectivity index (χ3n) is 13.9. The third-order valence-corrected chi connectivity index (χ3v) is 18.3. The van der Waals surface area contributed by atoms with Crippen molar-refractivity contribution in [2.75, 3.05) is 56.9 Å². The number of hydrogen-bond acceptors (Lipinski definition) is 20. The Morgan fingerprint density at radius 2 is 0.855 bits per heavy atom. The summed E-state index contributed by atoms with van der Waals surface area (Å²) in [5, 5.41) is 16.4. The van der Waals surface area contributed by atoms with Crippen molar-refractivity contribution in [1.82, 2.24) is 49.5 Å². The average molecular weight is 1130 g/mol. The Morgan fingerprint density at radius 3 is 1.13 bits per heavy atom. The van der Waals surface area contributed by atoms with Gasteiger partial charge in [-0.05, 0) is 76.6 Å². The van der Waals surface area contributed by atoms with Crippen LogP contribution in [-0.2, 0) is 50.1 Å². The Kier molecular flexibility index (Phi) is 19.6. The summed E-state index contributed by atoms with van der Waals surface area (Å²) in [7, 11) is 4.72. The number of ether oxygens (including phenoxy) is 8. The van der Waals surface area contributed by atoms with E-state index in [1.807, 2.05) is 0 Å². The average Bonchev–Trinajstić information content (AvgIpc) is 4.27. The van der Waals surface area contributed by atoms with E-state index in [-0.39, 0.29) is 47.3 Å². The van der Waals surface area contributed by atoms with Gasteiger partial charge >= 0.3 is 0 Å². The molecule has 412 valence electrons. The fourth-order valence-corrected chi connectivity index (χ4v) is 12.7. The lowest BCUT2D eigenvalue weighted by Gasteiger charge is -2.22. The molecule has 2 unspecified atom stereocenters. The summed E-state index contributed by atoms with van der Waals surface area (Å²) in [6.07, 6.45) is 8.88. The van der Waals surface area contributed by atoms with Crippen LogP contribution in [0.5, 0.6) is 23.0 Å². The van der Waals surface area contributed by atoms with Gasteiger partial charge in [-0.1, -0.05) is 35.3 Å². The second-order valence-electron chi connectivity index (χ2n) is 18.2. The minimum absolute atomic E-state index is 0.0186. The number of aromatic nitrogens is 10. The molecule has 2 saturated carbocycles. The number of methoxy groups -OCH3 is 8. The van der Waals surface area contributed by atoms with Gasteiger partial charge in [-0.3, -0.25) is 9.13 Å². The van der Waals surface area contributed by atoms with Gasteiger partial charge in [0, 0.05) is 65.1 Å². The minimum atomic E-state index is -3.85. The number of hydrogen-bond donors (Lipinski definition) is 0. The zero-order valence-corrected chi connectivity index (χ0v) is 47.1. The van der Waals surface area contributed by atoms with Gasteiger partial charge in [0.05, 0.1) is 61.2 Å². The maximum absolute atomic E-state index is 13.7. The molecular weight excluding hydrogens is 1070 g/mol. The molecule has 8 atom stereocenters. The highest BCUT2D eigenvalue weighted by Crippen LogP contribution is 2.43. The van der Waals surface area contributed by atoms with Crippen LogP contribution >= 0.6 is 23.2 Å². The highest BCUT2D eigenvalue weighted by atomic mass is 35.5. The molecule has 8 rings (SSSR count). The molecule has 76 heavy (non-hydrogen) atoms. The summed E-state index contributed by atoms with van der Waals surface area (Å²) in [5.41, 5.74) is 1.08. The highest BCUT2D eigenvalue weighted by Gasteiger charge is 2.39. The van der Waals surface area contributed by atoms with Gasteiger partial charge in [-0.2, -0.15) is 0 Å². The van der Waals surface area contributed by atoms with Gasteiger partial charge in [0.2, 0.25) is 0 Å². The van der Waals surface area contributed by atoms with Gasteiger partial charge in [-0.25, -0.2) is 36.8 Å². The molecule has 4 aromatic heterocycles. The van der Waals surface area contributed by atoms with Gasteiger partial charge in [0.15, 0.2) is 43.0 Å². The maximum atomic E-state index is 13.7. The summed E-state index contributed by atoms with van der Waals surface area (Å²) in [6.45, 7) is 3.12. The number of para-hydroxylation sites is 2. The first-order valence-corrected chi connectivity index (χ1v) is 28.5. The second-order valence-corrected chi connectivity index (χ2v) is 23.8. The Morgan fingerprint density at radius 1 is 0.526 bits per heavy atom. The van der Waals surface area contributed by atoms with Crippen LogP contribution in [0.15, 0.2) is 61.2 Å². The van der Waals surface area contributed by atoms with Crippen molar-refractivity contribution in [3.8, 4) is 34.4 Å². The molecule has 0 amide bonds. The molecule has 0 saturated heterocycles. The van der Waals surface area contributed by atoms with Crippen molar-refractivity contribution in [1.29, 1.82) is 0 Å². The molecule has 2 aliphatic rings. The number of halogens is 2. The van der Waals surface area contributed by atoms with Crippen molar-refractivity contribution in [3.63, 3.8) is 0 Å². The summed E-state index contributed by atoms with van der Waals surface area (Å²) in [5.74, 6) is 3.42. The lowest BCUT2D eigenvalue weighted by molar-refractivity contribution is 0.0947. The first-order chi connectivity index (χ1) is 36.5. The van der Waals surface area contributed by atoms with Gasteiger partial charge in [0.25, 0.3) is 0 Å². The van der Waals surface area contributed by atoms with Crippen molar-refractivity contribution < 1.29 is 54.7 Å². The molecule has 0 bridgehead atoms. The summed E-state index contributed by atoms with van der Waals surface area (Å²) in [4.78, 5) is 16.7. The molecule has 6 aromatic rings. The zero-order valence-electron chi connectivity index (χ0n) is 44.0. The Balaban J connectivity index is 0.000000221. The maximum Gasteiger partial charge on any atom is 0.163 e. The van der Waals surface area contributed by atoms with E-state index in [4.69, 9.17) is 61.1 Å². The van der Waals surface area contributed by atoms with Crippen molar-refractivity contribution in [3.05, 3.63) is 106 Å². The third kappa shape index (κ3) is 12.7. The lowest BCUT2D eigenvalue weighted by Crippen LogP contribution is -2.30. The van der Waals surface area contributed by atoms with E-state index in [0.717, 1.165) is 38.5 Å². The van der Waals surface area contributed by atoms with Crippen LogP contribution in [0.2, 0.25) is 10.0 Å². The largest absolute Gasteiger partial charge is 0.494 e. The normalized spacial score (nSPS) is 19.3. The molecule has 0 N–H and O–H groups in total. The predicted octanol–water partition coefficient (Wildman–Crippen LogP) is 7.40. The topological polar surface area (TPSA) is 255 Å². The molecule has 0 spiro atoms. The van der Waals surface area contributed by atoms with E-state index in [2.05, 4.69) is 40.3 Å². The van der Waals surface area contributed by atoms with Gasteiger partial charge in [-0.15, -0.1) is 20.4 Å². The number of rotatable bonds is 22. The molecule has 0 radical (unpaired) electrons. The SMILES string of the molecule is COc1cccc(OC)c1-n1c(CS(=O)(=O)[C@@H](C)[C@H](OC)c2ncc(Cl)cn2)nnc1C1CC[C@@H](OC)C1.COc1cccc(OC)c1-n1c(CS(=O)(=O)[C@@H](C)[C@H](OC)c2ncc(Cl)cn2)nnc1C1CC[C@H](OC)C1. The molecule has 4 heterocycles. The van der Waals surface area contributed by atoms with Crippen LogP contribution in [0.3, 0.4) is 0 Å². The van der Waals surface area contributed by atoms with E-state index < -0.39 is 53.9 Å². The number of nitrogens with zero attached hydrogens (tertiary/aromatic N) is 10. The minimum Gasteiger partial charge on any atom is -0.494 e. The first-order valence-electron chi connectivity index (χ1n) is 24.3. The monoisotopic (exact) mass is 1130 g/mol. The van der Waals surface area contributed by atoms with Crippen molar-refractivity contribution >= 4 is 42.9 Å². The highest BCUT2D eigenvalue weighted by molar-refractivity contribution is 7.91. The fraction of sp³-hybridized carbons (Fsp3) is 0.520. The standard InChI is InChI=1S/2C25H32ClN5O6S/c2*1-15(23(37-5)24-27-12-17(26)13-28-24)38(32,33)14-21-29-30-25(16-9-10-18(11-16)34-2)31(21)22-19(35-3)7-6-8-20(22)36-4/h2*6-8,12-13,15-16,18,23H,9-11,14H2,1-5H3/t15-,16?,18+,23-;15-,16?,18-,23-/m00/s1. The Labute approximate surface area is 452 Å². The van der Waals surface area contributed by atoms with E-state index in [1.54, 1.807) is 102 Å². The lowest BCUT2D eigenvalue weighted by atomic mass is 10.1. The van der Waals surface area contributed by atoms with Gasteiger partial charge in [0.1, 0.15) is 69.7 Å². The molecule has 2 fully saturated rings. The van der Waals surface area contributed by atoms with Crippen LogP contribution in [-0.4, -0.2) is 146 Å². The number of benzene rings is 2. The van der Waals surface area contributed by atoms with Gasteiger partial charge < -0.3 is 37.9 Å². The van der Waals surface area contributed by atoms with E-state index in [9.17, 15) is 16.8 Å². The van der Waals surface area contributed by atoms with Crippen LogP contribution in [0.25, 0.3) is 11.4 Å². The molecule has 2 aromatic carbocycles. The number of sulfone groups is 2. The van der Waals surface area contributed by atoms with E-state index in [0.29, 0.717) is 56.1 Å². The second kappa shape index (κ2) is 25.7. The molecule has 22 nitrogen and oxygen atoms in total. The Bertz CT molecular complexity index is 2860. The fourth-order valence-electron chi connectivity index (χ4n) is 9.70. The zero-order chi connectivity index (χ0) is 54.9. The quantitative estimate of drug-likeness (QED) is 0.0641. The van der Waals surface area contributed by atoms with Crippen molar-refractivity contribution in [2.24, 2.45) is 0 Å². The smallest absolute Gasteiger partial charge is 0.163 e. The molecule has 26 heteroatoms. The summed E-state index contributed by atoms with van der Waals surface area (Å²) in [6, 6.07) is 10.7. The van der Waals surface area contributed by atoms with E-state index >= 15 is 0 Å². The van der Waals surface area contributed by atoms with Crippen LogP contribution in [0.4, 0.5) is 0 Å². The molecule has 2 aliphatic carbocycles.